The highest BCUT2D eigenvalue weighted by atomic mass is 35.5. The normalized spacial score (nSPS) is 23.3. The van der Waals surface area contributed by atoms with E-state index in [1.54, 1.807) is 6.07 Å². The van der Waals surface area contributed by atoms with E-state index >= 15 is 0 Å². The summed E-state index contributed by atoms with van der Waals surface area (Å²) in [6.07, 6.45) is -0.610. The van der Waals surface area contributed by atoms with Crippen LogP contribution in [0.25, 0.3) is 0 Å². The first-order chi connectivity index (χ1) is 13.3. The lowest BCUT2D eigenvalue weighted by molar-refractivity contribution is -0.200. The van der Waals surface area contributed by atoms with Crippen molar-refractivity contribution in [3.8, 4) is 0 Å². The Balaban J connectivity index is 0.00000240. The van der Waals surface area contributed by atoms with Crippen molar-refractivity contribution in [1.82, 2.24) is 14.8 Å². The number of rotatable bonds is 4. The number of pyridine rings is 1. The second-order valence-corrected chi connectivity index (χ2v) is 8.20. The first kappa shape index (κ1) is 22.3. The zero-order valence-electron chi connectivity index (χ0n) is 16.5. The standard InChI is InChI=1S/C20H26F3N3O2.ClH/c1-2-26-14-18(28-19(7-8-19)17(26)27)9-12-25(13-10-18)11-6-15-4-3-5-16(24-15)20(21,22)23;/h3-5H,2,6-14H2,1H3;1H. The van der Waals surface area contributed by atoms with Crippen LogP contribution in [0.4, 0.5) is 13.2 Å². The first-order valence-electron chi connectivity index (χ1n) is 10.0. The van der Waals surface area contributed by atoms with E-state index in [4.69, 9.17) is 4.74 Å². The monoisotopic (exact) mass is 433 g/mol. The number of nitrogens with zero attached hydrogens (tertiary/aromatic N) is 3. The molecular weight excluding hydrogens is 407 g/mol. The lowest BCUT2D eigenvalue weighted by atomic mass is 9.88. The molecule has 0 aromatic carbocycles. The molecule has 2 saturated heterocycles. The average molecular weight is 434 g/mol. The van der Waals surface area contributed by atoms with Crippen LogP contribution < -0.4 is 0 Å². The number of halogens is 4. The van der Waals surface area contributed by atoms with Crippen LogP contribution in [0.2, 0.25) is 0 Å². The Morgan fingerprint density at radius 3 is 2.45 bits per heavy atom. The lowest BCUT2D eigenvalue weighted by Gasteiger charge is -2.50. The van der Waals surface area contributed by atoms with Crippen LogP contribution in [-0.2, 0) is 22.1 Å². The molecule has 1 amide bonds. The molecular formula is C20H27ClF3N3O2. The Morgan fingerprint density at radius 2 is 1.86 bits per heavy atom. The van der Waals surface area contributed by atoms with E-state index in [0.29, 0.717) is 31.7 Å². The number of aromatic nitrogens is 1. The number of alkyl halides is 3. The molecule has 29 heavy (non-hydrogen) atoms. The molecule has 0 bridgehead atoms. The smallest absolute Gasteiger partial charge is 0.357 e. The van der Waals surface area contributed by atoms with Gasteiger partial charge in [-0.2, -0.15) is 13.2 Å². The van der Waals surface area contributed by atoms with Gasteiger partial charge in [0.2, 0.25) is 0 Å². The number of piperidine rings is 1. The first-order valence-corrected chi connectivity index (χ1v) is 10.0. The number of amides is 1. The van der Waals surface area contributed by atoms with Crippen LogP contribution in [0.1, 0.15) is 44.0 Å². The number of hydrogen-bond donors (Lipinski definition) is 0. The molecule has 1 aliphatic carbocycles. The summed E-state index contributed by atoms with van der Waals surface area (Å²) in [5.74, 6) is 0.138. The summed E-state index contributed by atoms with van der Waals surface area (Å²) < 4.78 is 44.8. The molecule has 2 aliphatic heterocycles. The van der Waals surface area contributed by atoms with Crippen LogP contribution >= 0.6 is 12.4 Å². The van der Waals surface area contributed by atoms with Gasteiger partial charge < -0.3 is 14.5 Å². The number of carbonyl (C=O) groups is 1. The van der Waals surface area contributed by atoms with Gasteiger partial charge in [0.1, 0.15) is 11.3 Å². The predicted octanol–water partition coefficient (Wildman–Crippen LogP) is 3.31. The Bertz CT molecular complexity index is 747. The fourth-order valence-corrected chi connectivity index (χ4v) is 4.38. The van der Waals surface area contributed by atoms with Crippen molar-refractivity contribution in [2.24, 2.45) is 0 Å². The van der Waals surface area contributed by atoms with Gasteiger partial charge in [-0.05, 0) is 44.7 Å². The van der Waals surface area contributed by atoms with E-state index in [9.17, 15) is 18.0 Å². The van der Waals surface area contributed by atoms with Gasteiger partial charge in [-0.25, -0.2) is 4.98 Å². The number of carbonyl (C=O) groups excluding carboxylic acids is 1. The average Bonchev–Trinajstić information content (AvgIpc) is 3.44. The fourth-order valence-electron chi connectivity index (χ4n) is 4.38. The molecule has 3 heterocycles. The van der Waals surface area contributed by atoms with Gasteiger partial charge in [-0.15, -0.1) is 12.4 Å². The largest absolute Gasteiger partial charge is 0.433 e. The van der Waals surface area contributed by atoms with E-state index in [1.807, 2.05) is 11.8 Å². The maximum atomic E-state index is 12.8. The van der Waals surface area contributed by atoms with Gasteiger partial charge in [-0.1, -0.05) is 6.07 Å². The van der Waals surface area contributed by atoms with Crippen molar-refractivity contribution in [3.63, 3.8) is 0 Å². The van der Waals surface area contributed by atoms with Crippen molar-refractivity contribution in [2.75, 3.05) is 32.7 Å². The highest BCUT2D eigenvalue weighted by molar-refractivity contribution is 5.89. The molecule has 3 fully saturated rings. The third-order valence-electron chi connectivity index (χ3n) is 6.20. The molecule has 2 spiro atoms. The van der Waals surface area contributed by atoms with Gasteiger partial charge >= 0.3 is 6.18 Å². The molecule has 1 aromatic heterocycles. The van der Waals surface area contributed by atoms with E-state index in [-0.39, 0.29) is 23.9 Å². The topological polar surface area (TPSA) is 45.7 Å². The van der Waals surface area contributed by atoms with Crippen molar-refractivity contribution >= 4 is 18.3 Å². The summed E-state index contributed by atoms with van der Waals surface area (Å²) in [7, 11) is 0. The van der Waals surface area contributed by atoms with Gasteiger partial charge in [0.15, 0.2) is 0 Å². The Morgan fingerprint density at radius 1 is 1.17 bits per heavy atom. The third kappa shape index (κ3) is 4.54. The van der Waals surface area contributed by atoms with Crippen LogP contribution in [-0.4, -0.2) is 64.6 Å². The van der Waals surface area contributed by atoms with E-state index in [0.717, 1.165) is 44.8 Å². The zero-order valence-corrected chi connectivity index (χ0v) is 17.3. The van der Waals surface area contributed by atoms with E-state index < -0.39 is 17.5 Å². The molecule has 0 atom stereocenters. The van der Waals surface area contributed by atoms with E-state index in [1.165, 1.54) is 6.07 Å². The summed E-state index contributed by atoms with van der Waals surface area (Å²) >= 11 is 0. The highest BCUT2D eigenvalue weighted by Gasteiger charge is 2.61. The molecule has 1 aromatic rings. The van der Waals surface area contributed by atoms with Gasteiger partial charge in [-0.3, -0.25) is 4.79 Å². The van der Waals surface area contributed by atoms with Crippen LogP contribution in [0.3, 0.4) is 0 Å². The maximum Gasteiger partial charge on any atom is 0.433 e. The maximum absolute atomic E-state index is 12.8. The van der Waals surface area contributed by atoms with Gasteiger partial charge in [0, 0.05) is 44.8 Å². The molecule has 0 unspecified atom stereocenters. The Kier molecular flexibility index (Phi) is 6.18. The summed E-state index contributed by atoms with van der Waals surface area (Å²) in [4.78, 5) is 20.4. The summed E-state index contributed by atoms with van der Waals surface area (Å²) in [6.45, 7) is 5.67. The second kappa shape index (κ2) is 8.04. The molecule has 162 valence electrons. The van der Waals surface area contributed by atoms with Crippen LogP contribution in [0.5, 0.6) is 0 Å². The van der Waals surface area contributed by atoms with Crippen LogP contribution in [0, 0.1) is 0 Å². The van der Waals surface area contributed by atoms with Crippen molar-refractivity contribution in [1.29, 1.82) is 0 Å². The molecule has 1 saturated carbocycles. The number of hydrogen-bond acceptors (Lipinski definition) is 4. The summed E-state index contributed by atoms with van der Waals surface area (Å²) in [5, 5.41) is 0. The Hall–Kier alpha value is -1.38. The summed E-state index contributed by atoms with van der Waals surface area (Å²) in [5.41, 5.74) is -1.22. The number of ether oxygens (including phenoxy) is 1. The number of morpholine rings is 1. The number of likely N-dealkylation sites (N-methyl/N-ethyl adjacent to an activating group) is 1. The molecule has 5 nitrogen and oxygen atoms in total. The minimum Gasteiger partial charge on any atom is -0.357 e. The SMILES string of the molecule is CCN1CC2(CCN(CCc3cccc(C(F)(F)F)n3)CC2)OC2(CC2)C1=O.Cl. The molecule has 0 N–H and O–H groups in total. The third-order valence-corrected chi connectivity index (χ3v) is 6.20. The van der Waals surface area contributed by atoms with Gasteiger partial charge in [0.25, 0.3) is 5.91 Å². The van der Waals surface area contributed by atoms with Crippen molar-refractivity contribution in [2.45, 2.75) is 56.4 Å². The Labute approximate surface area is 175 Å². The molecule has 4 rings (SSSR count). The van der Waals surface area contributed by atoms with Crippen LogP contribution in [0.15, 0.2) is 18.2 Å². The zero-order chi connectivity index (χ0) is 20.0. The highest BCUT2D eigenvalue weighted by Crippen LogP contribution is 2.49. The minimum absolute atomic E-state index is 0. The quantitative estimate of drug-likeness (QED) is 0.730. The summed E-state index contributed by atoms with van der Waals surface area (Å²) in [6, 6.07) is 4.06. The van der Waals surface area contributed by atoms with Crippen molar-refractivity contribution in [3.05, 3.63) is 29.6 Å². The second-order valence-electron chi connectivity index (χ2n) is 8.20. The molecule has 9 heteroatoms. The van der Waals surface area contributed by atoms with E-state index in [2.05, 4.69) is 9.88 Å². The minimum atomic E-state index is -4.41. The molecule has 0 radical (unpaired) electrons. The van der Waals surface area contributed by atoms with Gasteiger partial charge in [0.05, 0.1) is 5.60 Å². The van der Waals surface area contributed by atoms with Crippen molar-refractivity contribution < 1.29 is 22.7 Å². The number of likely N-dealkylation sites (tertiary alicyclic amines) is 1. The fraction of sp³-hybridized carbons (Fsp3) is 0.700. The predicted molar refractivity (Wildman–Crippen MR) is 104 cm³/mol. The molecule has 3 aliphatic rings. The lowest BCUT2D eigenvalue weighted by Crippen LogP contribution is -2.62.